The standard InChI is InChI=1S/C19H30N2O4S/c1-21(26(2,23)24)18(16-10-5-3-6-11-16)19(22)20-14-9-15-25-17-12-7-4-8-13-17/h3,5-6,10-11,17-18H,4,7-9,12-15H2,1-2H3,(H,20,22). The van der Waals surface area contributed by atoms with Gasteiger partial charge < -0.3 is 10.1 Å². The fourth-order valence-electron chi connectivity index (χ4n) is 3.22. The molecule has 1 unspecified atom stereocenters. The van der Waals surface area contributed by atoms with Crippen LogP contribution in [0.4, 0.5) is 0 Å². The molecule has 7 heteroatoms. The molecule has 1 aliphatic rings. The van der Waals surface area contributed by atoms with E-state index in [4.69, 9.17) is 4.74 Å². The van der Waals surface area contributed by atoms with Crippen LogP contribution in [0.15, 0.2) is 30.3 Å². The summed E-state index contributed by atoms with van der Waals surface area (Å²) in [6, 6.07) is 8.08. The molecular weight excluding hydrogens is 352 g/mol. The minimum atomic E-state index is -3.50. The number of ether oxygens (including phenoxy) is 1. The van der Waals surface area contributed by atoms with E-state index in [0.29, 0.717) is 31.2 Å². The highest BCUT2D eigenvalue weighted by molar-refractivity contribution is 7.88. The van der Waals surface area contributed by atoms with Gasteiger partial charge in [-0.05, 0) is 24.8 Å². The third kappa shape index (κ3) is 6.37. The van der Waals surface area contributed by atoms with Crippen molar-refractivity contribution in [2.75, 3.05) is 26.5 Å². The number of hydrogen-bond donors (Lipinski definition) is 1. The zero-order chi connectivity index (χ0) is 19.0. The Labute approximate surface area is 157 Å². The lowest BCUT2D eigenvalue weighted by Crippen LogP contribution is -2.41. The second-order valence-electron chi connectivity index (χ2n) is 6.87. The first kappa shape index (κ1) is 20.9. The molecule has 1 aromatic rings. The molecule has 1 amide bonds. The summed E-state index contributed by atoms with van der Waals surface area (Å²) in [7, 11) is -2.07. The smallest absolute Gasteiger partial charge is 0.242 e. The summed E-state index contributed by atoms with van der Waals surface area (Å²) in [6.07, 6.45) is 8.19. The lowest BCUT2D eigenvalue weighted by atomic mass is 9.98. The number of benzene rings is 1. The highest BCUT2D eigenvalue weighted by Crippen LogP contribution is 2.22. The highest BCUT2D eigenvalue weighted by Gasteiger charge is 2.30. The monoisotopic (exact) mass is 382 g/mol. The molecule has 1 aliphatic carbocycles. The Balaban J connectivity index is 1.86. The van der Waals surface area contributed by atoms with E-state index in [9.17, 15) is 13.2 Å². The van der Waals surface area contributed by atoms with Crippen LogP contribution in [0.3, 0.4) is 0 Å². The van der Waals surface area contributed by atoms with E-state index in [0.717, 1.165) is 23.4 Å². The van der Waals surface area contributed by atoms with Gasteiger partial charge in [-0.25, -0.2) is 8.42 Å². The predicted octanol–water partition coefficient (Wildman–Crippen LogP) is 2.47. The van der Waals surface area contributed by atoms with Crippen molar-refractivity contribution in [3.8, 4) is 0 Å². The number of likely N-dealkylation sites (N-methyl/N-ethyl adjacent to an activating group) is 1. The Morgan fingerprint density at radius 2 is 1.88 bits per heavy atom. The van der Waals surface area contributed by atoms with Gasteiger partial charge in [0.1, 0.15) is 6.04 Å². The van der Waals surface area contributed by atoms with Crippen molar-refractivity contribution >= 4 is 15.9 Å². The van der Waals surface area contributed by atoms with Gasteiger partial charge in [0.05, 0.1) is 12.4 Å². The minimum Gasteiger partial charge on any atom is -0.378 e. The Kier molecular flexibility index (Phi) is 8.06. The molecular formula is C19H30N2O4S. The van der Waals surface area contributed by atoms with Gasteiger partial charge in [-0.1, -0.05) is 49.6 Å². The maximum atomic E-state index is 12.6. The molecule has 0 aromatic heterocycles. The van der Waals surface area contributed by atoms with Crippen LogP contribution in [0.1, 0.15) is 50.1 Å². The van der Waals surface area contributed by atoms with Crippen LogP contribution in [0, 0.1) is 0 Å². The number of carbonyl (C=O) groups excluding carboxylic acids is 1. The van der Waals surface area contributed by atoms with Gasteiger partial charge in [0, 0.05) is 20.2 Å². The molecule has 2 rings (SSSR count). The second-order valence-corrected chi connectivity index (χ2v) is 8.91. The van der Waals surface area contributed by atoms with Gasteiger partial charge in [-0.15, -0.1) is 0 Å². The first-order chi connectivity index (χ1) is 12.4. The van der Waals surface area contributed by atoms with Gasteiger partial charge in [0.25, 0.3) is 0 Å². The summed E-state index contributed by atoms with van der Waals surface area (Å²) in [5.41, 5.74) is 0.649. The third-order valence-corrected chi connectivity index (χ3v) is 6.03. The van der Waals surface area contributed by atoms with E-state index < -0.39 is 16.1 Å². The van der Waals surface area contributed by atoms with Gasteiger partial charge in [-0.2, -0.15) is 4.31 Å². The Bertz CT molecular complexity index is 657. The van der Waals surface area contributed by atoms with Crippen molar-refractivity contribution in [1.29, 1.82) is 0 Å². The first-order valence-electron chi connectivity index (χ1n) is 9.27. The molecule has 1 fully saturated rings. The average Bonchev–Trinajstić information content (AvgIpc) is 2.62. The molecule has 0 spiro atoms. The topological polar surface area (TPSA) is 75.7 Å². The third-order valence-electron chi connectivity index (χ3n) is 4.78. The molecule has 1 saturated carbocycles. The number of nitrogens with zero attached hydrogens (tertiary/aromatic N) is 1. The van der Waals surface area contributed by atoms with Crippen molar-refractivity contribution in [2.45, 2.75) is 50.7 Å². The molecule has 1 N–H and O–H groups in total. The number of sulfonamides is 1. The Morgan fingerprint density at radius 1 is 1.23 bits per heavy atom. The van der Waals surface area contributed by atoms with Crippen LogP contribution in [0.5, 0.6) is 0 Å². The van der Waals surface area contributed by atoms with E-state index in [1.807, 2.05) is 6.07 Å². The van der Waals surface area contributed by atoms with Crippen molar-refractivity contribution in [1.82, 2.24) is 9.62 Å². The maximum Gasteiger partial charge on any atom is 0.242 e. The number of amides is 1. The zero-order valence-electron chi connectivity index (χ0n) is 15.7. The van der Waals surface area contributed by atoms with Crippen LogP contribution in [-0.4, -0.2) is 51.2 Å². The fraction of sp³-hybridized carbons (Fsp3) is 0.632. The molecule has 0 heterocycles. The zero-order valence-corrected chi connectivity index (χ0v) is 16.5. The fourth-order valence-corrected chi connectivity index (χ4v) is 3.82. The molecule has 26 heavy (non-hydrogen) atoms. The van der Waals surface area contributed by atoms with Crippen LogP contribution in [-0.2, 0) is 19.6 Å². The molecule has 1 atom stereocenters. The van der Waals surface area contributed by atoms with Crippen molar-refractivity contribution in [2.24, 2.45) is 0 Å². The van der Waals surface area contributed by atoms with Crippen molar-refractivity contribution in [3.05, 3.63) is 35.9 Å². The molecule has 0 bridgehead atoms. The summed E-state index contributed by atoms with van der Waals surface area (Å²) in [5, 5.41) is 2.85. The number of nitrogens with one attached hydrogen (secondary N) is 1. The molecule has 0 aliphatic heterocycles. The van der Waals surface area contributed by atoms with E-state index in [1.165, 1.54) is 26.3 Å². The van der Waals surface area contributed by atoms with Crippen molar-refractivity contribution in [3.63, 3.8) is 0 Å². The van der Waals surface area contributed by atoms with Crippen LogP contribution in [0.25, 0.3) is 0 Å². The van der Waals surface area contributed by atoms with Crippen LogP contribution in [0.2, 0.25) is 0 Å². The molecule has 0 radical (unpaired) electrons. The lowest BCUT2D eigenvalue weighted by Gasteiger charge is -2.26. The Morgan fingerprint density at radius 3 is 2.50 bits per heavy atom. The summed E-state index contributed by atoms with van der Waals surface area (Å²) in [5.74, 6) is -0.318. The summed E-state index contributed by atoms with van der Waals surface area (Å²) >= 11 is 0. The summed E-state index contributed by atoms with van der Waals surface area (Å²) in [6.45, 7) is 1.08. The van der Waals surface area contributed by atoms with Crippen molar-refractivity contribution < 1.29 is 17.9 Å². The molecule has 146 valence electrons. The normalized spacial score (nSPS) is 17.2. The van der Waals surface area contributed by atoms with Gasteiger partial charge in [0.2, 0.25) is 15.9 Å². The summed E-state index contributed by atoms with van der Waals surface area (Å²) in [4.78, 5) is 12.6. The van der Waals surface area contributed by atoms with E-state index >= 15 is 0 Å². The minimum absolute atomic E-state index is 0.318. The van der Waals surface area contributed by atoms with Gasteiger partial charge in [-0.3, -0.25) is 4.79 Å². The molecule has 0 saturated heterocycles. The second kappa shape index (κ2) is 10.0. The summed E-state index contributed by atoms with van der Waals surface area (Å²) < 4.78 is 30.8. The van der Waals surface area contributed by atoms with Crippen LogP contribution < -0.4 is 5.32 Å². The largest absolute Gasteiger partial charge is 0.378 e. The number of carbonyl (C=O) groups is 1. The number of rotatable bonds is 9. The maximum absolute atomic E-state index is 12.6. The Hall–Kier alpha value is -1.44. The average molecular weight is 383 g/mol. The lowest BCUT2D eigenvalue weighted by molar-refractivity contribution is -0.124. The van der Waals surface area contributed by atoms with E-state index in [-0.39, 0.29) is 5.91 Å². The highest BCUT2D eigenvalue weighted by atomic mass is 32.2. The molecule has 6 nitrogen and oxygen atoms in total. The molecule has 1 aromatic carbocycles. The predicted molar refractivity (Wildman–Crippen MR) is 102 cm³/mol. The van der Waals surface area contributed by atoms with Crippen LogP contribution >= 0.6 is 0 Å². The van der Waals surface area contributed by atoms with E-state index in [1.54, 1.807) is 24.3 Å². The number of hydrogen-bond acceptors (Lipinski definition) is 4. The first-order valence-corrected chi connectivity index (χ1v) is 11.1. The van der Waals surface area contributed by atoms with Gasteiger partial charge >= 0.3 is 0 Å². The van der Waals surface area contributed by atoms with Gasteiger partial charge in [0.15, 0.2) is 0 Å². The SMILES string of the molecule is CN(C(C(=O)NCCCOC1CCCCC1)c1ccccc1)S(C)(=O)=O. The quantitative estimate of drug-likeness (QED) is 0.666. The van der Waals surface area contributed by atoms with E-state index in [2.05, 4.69) is 5.32 Å².